The van der Waals surface area contributed by atoms with Crippen LogP contribution in [-0.4, -0.2) is 73.1 Å². The van der Waals surface area contributed by atoms with E-state index in [1.165, 1.54) is 11.8 Å². The van der Waals surface area contributed by atoms with E-state index in [2.05, 4.69) is 4.90 Å². The molecule has 0 spiro atoms. The summed E-state index contributed by atoms with van der Waals surface area (Å²) in [5.41, 5.74) is 0.882. The van der Waals surface area contributed by atoms with E-state index in [0.717, 1.165) is 38.4 Å². The molecule has 6 nitrogen and oxygen atoms in total. The van der Waals surface area contributed by atoms with Gasteiger partial charge in [-0.25, -0.2) is 0 Å². The zero-order valence-electron chi connectivity index (χ0n) is 15.6. The first kappa shape index (κ1) is 20.1. The van der Waals surface area contributed by atoms with Crippen LogP contribution in [0.25, 0.3) is 6.08 Å². The average Bonchev–Trinajstić information content (AvgIpc) is 2.94. The molecule has 0 aromatic heterocycles. The lowest BCUT2D eigenvalue weighted by atomic mass is 10.2. The van der Waals surface area contributed by atoms with Crippen LogP contribution in [0.1, 0.15) is 12.5 Å². The maximum Gasteiger partial charge on any atom is 0.266 e. The molecule has 0 unspecified atom stereocenters. The highest BCUT2D eigenvalue weighted by atomic mass is 32.2. The number of benzene rings is 1. The lowest BCUT2D eigenvalue weighted by molar-refractivity contribution is -0.122. The summed E-state index contributed by atoms with van der Waals surface area (Å²) in [5, 5.41) is 0. The lowest BCUT2D eigenvalue weighted by Gasteiger charge is -2.28. The van der Waals surface area contributed by atoms with Crippen LogP contribution in [0.2, 0.25) is 0 Å². The minimum Gasteiger partial charge on any atom is -0.493 e. The van der Waals surface area contributed by atoms with Crippen molar-refractivity contribution in [2.24, 2.45) is 0 Å². The van der Waals surface area contributed by atoms with Crippen LogP contribution in [0.5, 0.6) is 11.5 Å². The zero-order chi connectivity index (χ0) is 19.2. The van der Waals surface area contributed by atoms with Gasteiger partial charge < -0.3 is 14.2 Å². The summed E-state index contributed by atoms with van der Waals surface area (Å²) in [5.74, 6) is 1.30. The standard InChI is InChI=1S/C19H24N2O4S2/c1-3-25-16-12-14(4-5-15(16)23-2)13-17-18(22)21(19(26)27-17)7-6-20-8-10-24-11-9-20/h4-5,12-13H,3,6-11H2,1-2H3/b17-13-. The van der Waals surface area contributed by atoms with Crippen molar-refractivity contribution in [2.45, 2.75) is 6.92 Å². The summed E-state index contributed by atoms with van der Waals surface area (Å²) >= 11 is 6.77. The summed E-state index contributed by atoms with van der Waals surface area (Å²) in [7, 11) is 1.61. The van der Waals surface area contributed by atoms with E-state index in [1.807, 2.05) is 31.2 Å². The van der Waals surface area contributed by atoms with E-state index in [-0.39, 0.29) is 5.91 Å². The molecule has 2 aliphatic heterocycles. The van der Waals surface area contributed by atoms with E-state index in [1.54, 1.807) is 12.0 Å². The molecule has 0 atom stereocenters. The van der Waals surface area contributed by atoms with Gasteiger partial charge in [-0.3, -0.25) is 14.6 Å². The van der Waals surface area contributed by atoms with E-state index >= 15 is 0 Å². The van der Waals surface area contributed by atoms with Gasteiger partial charge in [-0.15, -0.1) is 0 Å². The number of rotatable bonds is 7. The molecule has 27 heavy (non-hydrogen) atoms. The third kappa shape index (κ3) is 5.01. The largest absolute Gasteiger partial charge is 0.493 e. The Morgan fingerprint density at radius 3 is 2.74 bits per heavy atom. The number of carbonyl (C=O) groups excluding carboxylic acids is 1. The summed E-state index contributed by atoms with van der Waals surface area (Å²) in [6.07, 6.45) is 1.86. The Morgan fingerprint density at radius 2 is 2.04 bits per heavy atom. The van der Waals surface area contributed by atoms with Crippen LogP contribution in [0.3, 0.4) is 0 Å². The van der Waals surface area contributed by atoms with Gasteiger partial charge in [0.1, 0.15) is 4.32 Å². The SMILES string of the molecule is CCOc1cc(/C=C2\SC(=S)N(CCN3CCOCC3)C2=O)ccc1OC. The zero-order valence-corrected chi connectivity index (χ0v) is 17.2. The van der Waals surface area contributed by atoms with Crippen molar-refractivity contribution in [1.82, 2.24) is 9.80 Å². The quantitative estimate of drug-likeness (QED) is 0.508. The van der Waals surface area contributed by atoms with Gasteiger partial charge >= 0.3 is 0 Å². The maximum absolute atomic E-state index is 12.8. The van der Waals surface area contributed by atoms with Gasteiger partial charge in [-0.2, -0.15) is 0 Å². The highest BCUT2D eigenvalue weighted by molar-refractivity contribution is 8.26. The third-order valence-electron chi connectivity index (χ3n) is 4.40. The number of thioether (sulfide) groups is 1. The topological polar surface area (TPSA) is 51.2 Å². The fourth-order valence-corrected chi connectivity index (χ4v) is 4.27. The fraction of sp³-hybridized carbons (Fsp3) is 0.474. The first-order valence-corrected chi connectivity index (χ1v) is 10.2. The van der Waals surface area contributed by atoms with Crippen LogP contribution >= 0.6 is 24.0 Å². The number of amides is 1. The number of ether oxygens (including phenoxy) is 3. The second-order valence-corrected chi connectivity index (χ2v) is 7.81. The van der Waals surface area contributed by atoms with Crippen molar-refractivity contribution in [3.8, 4) is 11.5 Å². The number of carbonyl (C=O) groups is 1. The number of thiocarbonyl (C=S) groups is 1. The number of morpholine rings is 1. The van der Waals surface area contributed by atoms with E-state index in [0.29, 0.717) is 33.9 Å². The summed E-state index contributed by atoms with van der Waals surface area (Å²) in [4.78, 5) is 17.4. The molecule has 0 N–H and O–H groups in total. The number of methoxy groups -OCH3 is 1. The second-order valence-electron chi connectivity index (χ2n) is 6.13. The second kappa shape index (κ2) is 9.54. The van der Waals surface area contributed by atoms with Crippen LogP contribution in [0.4, 0.5) is 0 Å². The molecule has 1 amide bonds. The smallest absolute Gasteiger partial charge is 0.266 e. The van der Waals surface area contributed by atoms with Crippen LogP contribution < -0.4 is 9.47 Å². The van der Waals surface area contributed by atoms with Crippen molar-refractivity contribution in [2.75, 3.05) is 53.1 Å². The molecule has 1 aromatic carbocycles. The number of nitrogens with zero attached hydrogens (tertiary/aromatic N) is 2. The Kier molecular flexibility index (Phi) is 7.12. The molecule has 0 aliphatic carbocycles. The van der Waals surface area contributed by atoms with Crippen molar-refractivity contribution < 1.29 is 19.0 Å². The molecule has 2 heterocycles. The Balaban J connectivity index is 1.69. The summed E-state index contributed by atoms with van der Waals surface area (Å²) in [6.45, 7) is 7.17. The summed E-state index contributed by atoms with van der Waals surface area (Å²) in [6, 6.07) is 5.63. The fourth-order valence-electron chi connectivity index (χ4n) is 2.96. The summed E-state index contributed by atoms with van der Waals surface area (Å²) < 4.78 is 16.9. The Hall–Kier alpha value is -1.61. The normalized spacial score (nSPS) is 19.8. The molecule has 2 aliphatic rings. The van der Waals surface area contributed by atoms with Crippen LogP contribution in [0, 0.1) is 0 Å². The van der Waals surface area contributed by atoms with E-state index in [9.17, 15) is 4.79 Å². The molecular formula is C19H24N2O4S2. The molecule has 3 rings (SSSR count). The van der Waals surface area contributed by atoms with Gasteiger partial charge in [-0.05, 0) is 30.7 Å². The molecule has 0 radical (unpaired) electrons. The molecule has 8 heteroatoms. The van der Waals surface area contributed by atoms with Crippen molar-refractivity contribution in [3.05, 3.63) is 28.7 Å². The average molecular weight is 409 g/mol. The van der Waals surface area contributed by atoms with Crippen LogP contribution in [-0.2, 0) is 9.53 Å². The van der Waals surface area contributed by atoms with Crippen molar-refractivity contribution >= 4 is 40.3 Å². The Morgan fingerprint density at radius 1 is 1.26 bits per heavy atom. The lowest BCUT2D eigenvalue weighted by Crippen LogP contribution is -2.42. The monoisotopic (exact) mass is 408 g/mol. The van der Waals surface area contributed by atoms with Gasteiger partial charge in [-0.1, -0.05) is 30.0 Å². The molecule has 0 saturated carbocycles. The van der Waals surface area contributed by atoms with Gasteiger partial charge in [0.05, 0.1) is 31.8 Å². The molecule has 2 saturated heterocycles. The van der Waals surface area contributed by atoms with Crippen molar-refractivity contribution in [3.63, 3.8) is 0 Å². The van der Waals surface area contributed by atoms with E-state index in [4.69, 9.17) is 26.4 Å². The minimum absolute atomic E-state index is 0.0352. The molecule has 1 aromatic rings. The number of hydrogen-bond donors (Lipinski definition) is 0. The first-order chi connectivity index (χ1) is 13.1. The van der Waals surface area contributed by atoms with Gasteiger partial charge in [0.2, 0.25) is 0 Å². The Bertz CT molecular complexity index is 732. The van der Waals surface area contributed by atoms with Gasteiger partial charge in [0.15, 0.2) is 11.5 Å². The predicted octanol–water partition coefficient (Wildman–Crippen LogP) is 2.63. The molecule has 146 valence electrons. The van der Waals surface area contributed by atoms with Gasteiger partial charge in [0, 0.05) is 26.2 Å². The molecular weight excluding hydrogens is 384 g/mol. The molecule has 0 bridgehead atoms. The third-order valence-corrected chi connectivity index (χ3v) is 5.78. The van der Waals surface area contributed by atoms with Gasteiger partial charge in [0.25, 0.3) is 5.91 Å². The van der Waals surface area contributed by atoms with E-state index < -0.39 is 0 Å². The maximum atomic E-state index is 12.8. The van der Waals surface area contributed by atoms with Crippen LogP contribution in [0.15, 0.2) is 23.1 Å². The minimum atomic E-state index is -0.0352. The predicted molar refractivity (Wildman–Crippen MR) is 111 cm³/mol. The Labute approximate surface area is 169 Å². The molecule has 2 fully saturated rings. The number of hydrogen-bond acceptors (Lipinski definition) is 7. The first-order valence-electron chi connectivity index (χ1n) is 8.98. The van der Waals surface area contributed by atoms with Crippen molar-refractivity contribution in [1.29, 1.82) is 0 Å². The highest BCUT2D eigenvalue weighted by Gasteiger charge is 2.32. The highest BCUT2D eigenvalue weighted by Crippen LogP contribution is 2.34.